The Labute approximate surface area is 156 Å². The Kier molecular flexibility index (Phi) is 5.40. The molecule has 0 aliphatic rings. The summed E-state index contributed by atoms with van der Waals surface area (Å²) in [6, 6.07) is 14.5. The van der Waals surface area contributed by atoms with Crippen molar-refractivity contribution in [2.75, 3.05) is 12.4 Å². The largest absolute Gasteiger partial charge is 0.423 e. The first-order valence-corrected chi connectivity index (χ1v) is 8.56. The van der Waals surface area contributed by atoms with Gasteiger partial charge in [0.15, 0.2) is 0 Å². The molecule has 5 nitrogen and oxygen atoms in total. The van der Waals surface area contributed by atoms with Gasteiger partial charge in [-0.1, -0.05) is 23.7 Å². The van der Waals surface area contributed by atoms with E-state index in [-0.39, 0.29) is 5.91 Å². The summed E-state index contributed by atoms with van der Waals surface area (Å²) in [5.41, 5.74) is 2.60. The van der Waals surface area contributed by atoms with E-state index in [4.69, 9.17) is 16.0 Å². The molecule has 1 heterocycles. The van der Waals surface area contributed by atoms with Gasteiger partial charge in [0, 0.05) is 48.2 Å². The third-order valence-corrected chi connectivity index (χ3v) is 4.17. The number of fused-ring (bicyclic) bond motifs is 1. The number of carbonyl (C=O) groups excluding carboxylic acids is 1. The number of nitrogens with zero attached hydrogens (tertiary/aromatic N) is 1. The topological polar surface area (TPSA) is 62.6 Å². The molecule has 0 unspecified atom stereocenters. The van der Waals surface area contributed by atoms with Crippen LogP contribution in [0, 0.1) is 0 Å². The molecule has 26 heavy (non-hydrogen) atoms. The van der Waals surface area contributed by atoms with Crippen molar-refractivity contribution in [1.82, 2.24) is 4.90 Å². The van der Waals surface area contributed by atoms with Crippen LogP contribution in [0.2, 0.25) is 5.02 Å². The Balaban J connectivity index is 1.86. The lowest BCUT2D eigenvalue weighted by Gasteiger charge is -2.18. The molecule has 1 N–H and O–H groups in total. The van der Waals surface area contributed by atoms with Gasteiger partial charge in [-0.3, -0.25) is 9.69 Å². The molecule has 0 bridgehead atoms. The molecule has 3 aromatic rings. The smallest absolute Gasteiger partial charge is 0.336 e. The Morgan fingerprint density at radius 3 is 2.69 bits per heavy atom. The maximum Gasteiger partial charge on any atom is 0.336 e. The molecule has 0 saturated carbocycles. The first-order valence-electron chi connectivity index (χ1n) is 8.18. The van der Waals surface area contributed by atoms with Crippen LogP contribution in [0.4, 0.5) is 5.69 Å². The molecule has 0 spiro atoms. The Hall–Kier alpha value is -2.63. The van der Waals surface area contributed by atoms with Crippen LogP contribution in [0.3, 0.4) is 0 Å². The van der Waals surface area contributed by atoms with Gasteiger partial charge in [0.1, 0.15) is 5.58 Å². The van der Waals surface area contributed by atoms with Crippen LogP contribution < -0.4 is 10.9 Å². The van der Waals surface area contributed by atoms with Crippen LogP contribution in [-0.4, -0.2) is 17.9 Å². The molecule has 0 aliphatic heterocycles. The molecule has 3 rings (SSSR count). The van der Waals surface area contributed by atoms with E-state index in [0.717, 1.165) is 16.5 Å². The summed E-state index contributed by atoms with van der Waals surface area (Å²) in [4.78, 5) is 25.2. The van der Waals surface area contributed by atoms with Crippen molar-refractivity contribution in [1.29, 1.82) is 0 Å². The zero-order valence-corrected chi connectivity index (χ0v) is 15.3. The average Bonchev–Trinajstić information content (AvgIpc) is 2.53. The predicted molar refractivity (Wildman–Crippen MR) is 103 cm³/mol. The van der Waals surface area contributed by atoms with Gasteiger partial charge in [-0.15, -0.1) is 0 Å². The molecule has 1 aromatic heterocycles. The van der Waals surface area contributed by atoms with Crippen molar-refractivity contribution in [3.05, 3.63) is 75.1 Å². The summed E-state index contributed by atoms with van der Waals surface area (Å²) in [6.45, 7) is 2.71. The lowest BCUT2D eigenvalue weighted by molar-refractivity contribution is -0.114. The van der Waals surface area contributed by atoms with Crippen LogP contribution in [0.25, 0.3) is 11.0 Å². The highest BCUT2D eigenvalue weighted by Gasteiger charge is 2.10. The van der Waals surface area contributed by atoms with Crippen LogP contribution in [0.5, 0.6) is 0 Å². The number of carbonyl (C=O) groups is 1. The van der Waals surface area contributed by atoms with Crippen LogP contribution in [-0.2, 0) is 17.9 Å². The minimum atomic E-state index is -0.413. The van der Waals surface area contributed by atoms with E-state index in [2.05, 4.69) is 10.2 Å². The summed E-state index contributed by atoms with van der Waals surface area (Å²) >= 11 is 6.04. The molecular weight excluding hydrogens is 352 g/mol. The van der Waals surface area contributed by atoms with Crippen LogP contribution in [0.15, 0.2) is 57.7 Å². The monoisotopic (exact) mass is 370 g/mol. The molecule has 0 radical (unpaired) electrons. The van der Waals surface area contributed by atoms with E-state index in [1.807, 2.05) is 37.4 Å². The lowest BCUT2D eigenvalue weighted by Crippen LogP contribution is -2.18. The van der Waals surface area contributed by atoms with Gasteiger partial charge >= 0.3 is 5.63 Å². The average molecular weight is 371 g/mol. The molecule has 0 atom stereocenters. The number of amides is 1. The first-order chi connectivity index (χ1) is 12.4. The summed E-state index contributed by atoms with van der Waals surface area (Å²) in [6.07, 6.45) is 0. The summed E-state index contributed by atoms with van der Waals surface area (Å²) in [5.74, 6) is -0.177. The minimum Gasteiger partial charge on any atom is -0.423 e. The SMILES string of the molecule is CC(=O)Nc1ccc2c(CN(C)Cc3cccc(Cl)c3)cc(=O)oc2c1. The van der Waals surface area contributed by atoms with E-state index in [0.29, 0.717) is 29.4 Å². The number of hydrogen-bond acceptors (Lipinski definition) is 4. The van der Waals surface area contributed by atoms with Gasteiger partial charge in [-0.05, 0) is 42.4 Å². The third-order valence-electron chi connectivity index (χ3n) is 3.93. The normalized spacial score (nSPS) is 11.1. The number of benzene rings is 2. The van der Waals surface area contributed by atoms with Crippen molar-refractivity contribution in [2.45, 2.75) is 20.0 Å². The minimum absolute atomic E-state index is 0.177. The van der Waals surface area contributed by atoms with Gasteiger partial charge < -0.3 is 9.73 Å². The summed E-state index contributed by atoms with van der Waals surface area (Å²) < 4.78 is 5.30. The van der Waals surface area contributed by atoms with Gasteiger partial charge in [0.05, 0.1) is 0 Å². The predicted octanol–water partition coefficient (Wildman–Crippen LogP) is 4.04. The number of nitrogens with one attached hydrogen (secondary N) is 1. The van der Waals surface area contributed by atoms with Crippen molar-refractivity contribution < 1.29 is 9.21 Å². The fraction of sp³-hybridized carbons (Fsp3) is 0.200. The molecular formula is C20H19ClN2O3. The van der Waals surface area contributed by atoms with Gasteiger partial charge in [0.2, 0.25) is 5.91 Å². The highest BCUT2D eigenvalue weighted by atomic mass is 35.5. The van der Waals surface area contributed by atoms with Crippen molar-refractivity contribution >= 4 is 34.2 Å². The van der Waals surface area contributed by atoms with Crippen molar-refractivity contribution in [2.24, 2.45) is 0 Å². The van der Waals surface area contributed by atoms with Crippen molar-refractivity contribution in [3.8, 4) is 0 Å². The number of rotatable bonds is 5. The summed E-state index contributed by atoms with van der Waals surface area (Å²) in [7, 11) is 1.98. The maximum atomic E-state index is 11.9. The molecule has 0 fully saturated rings. The van der Waals surface area contributed by atoms with E-state index < -0.39 is 5.63 Å². The fourth-order valence-corrected chi connectivity index (χ4v) is 3.15. The highest BCUT2D eigenvalue weighted by molar-refractivity contribution is 6.30. The second kappa shape index (κ2) is 7.72. The molecule has 134 valence electrons. The Morgan fingerprint density at radius 2 is 1.96 bits per heavy atom. The lowest BCUT2D eigenvalue weighted by atomic mass is 10.1. The molecule has 0 aliphatic carbocycles. The molecule has 6 heteroatoms. The standard InChI is InChI=1S/C20H19ClN2O3/c1-13(24)22-17-6-7-18-15(9-20(25)26-19(18)10-17)12-23(2)11-14-4-3-5-16(21)8-14/h3-10H,11-12H2,1-2H3,(H,22,24). The summed E-state index contributed by atoms with van der Waals surface area (Å²) in [5, 5.41) is 4.24. The van der Waals surface area contributed by atoms with Crippen LogP contribution in [0.1, 0.15) is 18.1 Å². The number of anilines is 1. The van der Waals surface area contributed by atoms with Crippen molar-refractivity contribution in [3.63, 3.8) is 0 Å². The Bertz CT molecular complexity index is 1010. The second-order valence-corrected chi connectivity index (χ2v) is 6.72. The van der Waals surface area contributed by atoms with E-state index in [1.54, 1.807) is 12.1 Å². The van der Waals surface area contributed by atoms with E-state index in [9.17, 15) is 9.59 Å². The van der Waals surface area contributed by atoms with Gasteiger partial charge in [-0.25, -0.2) is 4.79 Å². The zero-order valence-electron chi connectivity index (χ0n) is 14.6. The fourth-order valence-electron chi connectivity index (χ4n) is 2.94. The first kappa shape index (κ1) is 18.2. The highest BCUT2D eigenvalue weighted by Crippen LogP contribution is 2.23. The maximum absolute atomic E-state index is 11.9. The van der Waals surface area contributed by atoms with Gasteiger partial charge in [-0.2, -0.15) is 0 Å². The van der Waals surface area contributed by atoms with Gasteiger partial charge in [0.25, 0.3) is 0 Å². The molecule has 1 amide bonds. The number of halogens is 1. The van der Waals surface area contributed by atoms with Crippen LogP contribution >= 0.6 is 11.6 Å². The molecule has 2 aromatic carbocycles. The van der Waals surface area contributed by atoms with E-state index >= 15 is 0 Å². The number of hydrogen-bond donors (Lipinski definition) is 1. The van der Waals surface area contributed by atoms with E-state index in [1.165, 1.54) is 13.0 Å². The Morgan fingerprint density at radius 1 is 1.15 bits per heavy atom. The second-order valence-electron chi connectivity index (χ2n) is 6.29. The molecule has 0 saturated heterocycles. The third kappa shape index (κ3) is 4.50. The quantitative estimate of drug-likeness (QED) is 0.688. The zero-order chi connectivity index (χ0) is 18.7.